The van der Waals surface area contributed by atoms with Crippen molar-refractivity contribution in [3.8, 4) is 5.75 Å². The first kappa shape index (κ1) is 12.7. The molecule has 19 heavy (non-hydrogen) atoms. The van der Waals surface area contributed by atoms with Crippen LogP contribution in [-0.2, 0) is 6.54 Å². The van der Waals surface area contributed by atoms with Gasteiger partial charge in [-0.05, 0) is 37.1 Å². The SMILES string of the molecule is Cc1ccc(CNCC2CCOc3ccccc32)s1. The Morgan fingerprint density at radius 1 is 1.26 bits per heavy atom. The number of fused-ring (bicyclic) bond motifs is 1. The highest BCUT2D eigenvalue weighted by molar-refractivity contribution is 7.11. The minimum atomic E-state index is 0.575. The molecule has 1 atom stereocenters. The van der Waals surface area contributed by atoms with Crippen molar-refractivity contribution in [1.29, 1.82) is 0 Å². The second kappa shape index (κ2) is 5.76. The number of benzene rings is 1. The third-order valence-electron chi connectivity index (χ3n) is 3.57. The van der Waals surface area contributed by atoms with Crippen LogP contribution in [0.3, 0.4) is 0 Å². The van der Waals surface area contributed by atoms with Crippen LogP contribution in [0.1, 0.15) is 27.7 Å². The van der Waals surface area contributed by atoms with Gasteiger partial charge in [-0.15, -0.1) is 11.3 Å². The van der Waals surface area contributed by atoms with Crippen molar-refractivity contribution in [3.05, 3.63) is 51.7 Å². The van der Waals surface area contributed by atoms with Crippen molar-refractivity contribution >= 4 is 11.3 Å². The highest BCUT2D eigenvalue weighted by atomic mass is 32.1. The Labute approximate surface area is 118 Å². The molecule has 100 valence electrons. The molecule has 0 spiro atoms. The van der Waals surface area contributed by atoms with Crippen molar-refractivity contribution in [2.24, 2.45) is 0 Å². The normalized spacial score (nSPS) is 17.8. The van der Waals surface area contributed by atoms with E-state index in [0.717, 1.165) is 31.9 Å². The molecule has 0 bridgehead atoms. The molecular formula is C16H19NOS. The van der Waals surface area contributed by atoms with Crippen molar-refractivity contribution in [1.82, 2.24) is 5.32 Å². The molecule has 1 N–H and O–H groups in total. The first-order valence-corrected chi connectivity index (χ1v) is 7.62. The van der Waals surface area contributed by atoms with E-state index in [-0.39, 0.29) is 0 Å². The third kappa shape index (κ3) is 2.99. The molecule has 1 aliphatic rings. The predicted octanol–water partition coefficient (Wildman–Crippen LogP) is 3.71. The van der Waals surface area contributed by atoms with Crippen molar-refractivity contribution in [2.75, 3.05) is 13.2 Å². The second-order valence-electron chi connectivity index (χ2n) is 5.02. The number of hydrogen-bond acceptors (Lipinski definition) is 3. The Morgan fingerprint density at radius 2 is 2.16 bits per heavy atom. The maximum Gasteiger partial charge on any atom is 0.122 e. The monoisotopic (exact) mass is 273 g/mol. The van der Waals surface area contributed by atoms with Crippen LogP contribution in [0, 0.1) is 6.92 Å². The van der Waals surface area contributed by atoms with Gasteiger partial charge in [0.1, 0.15) is 5.75 Å². The molecule has 1 aromatic carbocycles. The van der Waals surface area contributed by atoms with Crippen LogP contribution < -0.4 is 10.1 Å². The fraction of sp³-hybridized carbons (Fsp3) is 0.375. The minimum Gasteiger partial charge on any atom is -0.493 e. The maximum absolute atomic E-state index is 5.70. The summed E-state index contributed by atoms with van der Waals surface area (Å²) >= 11 is 1.87. The van der Waals surface area contributed by atoms with E-state index in [4.69, 9.17) is 4.74 Å². The van der Waals surface area contributed by atoms with E-state index in [1.54, 1.807) is 0 Å². The number of nitrogens with one attached hydrogen (secondary N) is 1. The molecule has 3 rings (SSSR count). The van der Waals surface area contributed by atoms with Gasteiger partial charge in [-0.25, -0.2) is 0 Å². The average Bonchev–Trinajstić information content (AvgIpc) is 2.85. The summed E-state index contributed by atoms with van der Waals surface area (Å²) in [5, 5.41) is 3.58. The van der Waals surface area contributed by atoms with Gasteiger partial charge in [0, 0.05) is 28.8 Å². The molecule has 2 aromatic rings. The topological polar surface area (TPSA) is 21.3 Å². The number of aryl methyl sites for hydroxylation is 1. The molecule has 0 saturated carbocycles. The molecule has 1 unspecified atom stereocenters. The number of para-hydroxylation sites is 1. The van der Waals surface area contributed by atoms with E-state index in [1.807, 2.05) is 17.4 Å². The van der Waals surface area contributed by atoms with Crippen LogP contribution in [0.15, 0.2) is 36.4 Å². The summed E-state index contributed by atoms with van der Waals surface area (Å²) in [6, 6.07) is 12.8. The lowest BCUT2D eigenvalue weighted by atomic mass is 9.93. The summed E-state index contributed by atoms with van der Waals surface area (Å²) in [4.78, 5) is 2.80. The first-order valence-electron chi connectivity index (χ1n) is 6.80. The molecule has 2 nitrogen and oxygen atoms in total. The molecule has 0 amide bonds. The predicted molar refractivity (Wildman–Crippen MR) is 80.1 cm³/mol. The Bertz CT molecular complexity index is 549. The molecular weight excluding hydrogens is 254 g/mol. The van der Waals surface area contributed by atoms with Gasteiger partial charge in [-0.1, -0.05) is 18.2 Å². The number of ether oxygens (including phenoxy) is 1. The molecule has 1 aliphatic heterocycles. The summed E-state index contributed by atoms with van der Waals surface area (Å²) in [6.45, 7) is 4.99. The minimum absolute atomic E-state index is 0.575. The van der Waals surface area contributed by atoms with Crippen LogP contribution in [0.2, 0.25) is 0 Å². The molecule has 0 saturated heterocycles. The Balaban J connectivity index is 1.59. The lowest BCUT2D eigenvalue weighted by Gasteiger charge is -2.26. The van der Waals surface area contributed by atoms with Gasteiger partial charge in [0.05, 0.1) is 6.61 Å². The van der Waals surface area contributed by atoms with Crippen LogP contribution in [0.5, 0.6) is 5.75 Å². The van der Waals surface area contributed by atoms with E-state index < -0.39 is 0 Å². The standard InChI is InChI=1S/C16H19NOS/c1-12-6-7-14(19-12)11-17-10-13-8-9-18-16-5-3-2-4-15(13)16/h2-7,13,17H,8-11H2,1H3. The van der Waals surface area contributed by atoms with Crippen molar-refractivity contribution in [3.63, 3.8) is 0 Å². The van der Waals surface area contributed by atoms with E-state index in [0.29, 0.717) is 5.92 Å². The van der Waals surface area contributed by atoms with Gasteiger partial charge in [0.25, 0.3) is 0 Å². The fourth-order valence-corrected chi connectivity index (χ4v) is 3.44. The van der Waals surface area contributed by atoms with Crippen LogP contribution >= 0.6 is 11.3 Å². The number of hydrogen-bond donors (Lipinski definition) is 1. The highest BCUT2D eigenvalue weighted by Gasteiger charge is 2.20. The summed E-state index contributed by atoms with van der Waals surface area (Å²) in [7, 11) is 0. The zero-order valence-corrected chi connectivity index (χ0v) is 12.0. The summed E-state index contributed by atoms with van der Waals surface area (Å²) in [6.07, 6.45) is 1.10. The molecule has 0 fully saturated rings. The molecule has 3 heteroatoms. The van der Waals surface area contributed by atoms with Gasteiger partial charge in [-0.2, -0.15) is 0 Å². The van der Waals surface area contributed by atoms with Crippen LogP contribution in [0.25, 0.3) is 0 Å². The fourth-order valence-electron chi connectivity index (χ4n) is 2.58. The van der Waals surface area contributed by atoms with Gasteiger partial charge in [0.15, 0.2) is 0 Å². The summed E-state index contributed by atoms with van der Waals surface area (Å²) < 4.78 is 5.70. The lowest BCUT2D eigenvalue weighted by Crippen LogP contribution is -2.25. The summed E-state index contributed by atoms with van der Waals surface area (Å²) in [5.41, 5.74) is 1.35. The van der Waals surface area contributed by atoms with Crippen LogP contribution in [0.4, 0.5) is 0 Å². The smallest absolute Gasteiger partial charge is 0.122 e. The quantitative estimate of drug-likeness (QED) is 0.917. The summed E-state index contributed by atoms with van der Waals surface area (Å²) in [5.74, 6) is 1.64. The molecule has 0 aliphatic carbocycles. The Kier molecular flexibility index (Phi) is 3.85. The largest absolute Gasteiger partial charge is 0.493 e. The van der Waals surface area contributed by atoms with Gasteiger partial charge >= 0.3 is 0 Å². The van der Waals surface area contributed by atoms with Crippen molar-refractivity contribution < 1.29 is 4.74 Å². The second-order valence-corrected chi connectivity index (χ2v) is 6.39. The van der Waals surface area contributed by atoms with Gasteiger partial charge < -0.3 is 10.1 Å². The number of thiophene rings is 1. The third-order valence-corrected chi connectivity index (χ3v) is 4.57. The van der Waals surface area contributed by atoms with Crippen molar-refractivity contribution in [2.45, 2.75) is 25.8 Å². The average molecular weight is 273 g/mol. The zero-order valence-electron chi connectivity index (χ0n) is 11.2. The van der Waals surface area contributed by atoms with Gasteiger partial charge in [0.2, 0.25) is 0 Å². The highest BCUT2D eigenvalue weighted by Crippen LogP contribution is 2.32. The first-order chi connectivity index (χ1) is 9.33. The van der Waals surface area contributed by atoms with E-state index in [1.165, 1.54) is 15.3 Å². The van der Waals surface area contributed by atoms with E-state index in [2.05, 4.69) is 42.6 Å². The Morgan fingerprint density at radius 3 is 3.00 bits per heavy atom. The molecule has 1 aromatic heterocycles. The lowest BCUT2D eigenvalue weighted by molar-refractivity contribution is 0.264. The number of rotatable bonds is 4. The Hall–Kier alpha value is -1.32. The molecule has 0 radical (unpaired) electrons. The van der Waals surface area contributed by atoms with Crippen LogP contribution in [-0.4, -0.2) is 13.2 Å². The maximum atomic E-state index is 5.70. The van der Waals surface area contributed by atoms with E-state index >= 15 is 0 Å². The van der Waals surface area contributed by atoms with E-state index in [9.17, 15) is 0 Å². The zero-order chi connectivity index (χ0) is 13.1. The molecule has 2 heterocycles. The van der Waals surface area contributed by atoms with Gasteiger partial charge in [-0.3, -0.25) is 0 Å².